The summed E-state index contributed by atoms with van der Waals surface area (Å²) in [5, 5.41) is 5.90. The lowest BCUT2D eigenvalue weighted by Gasteiger charge is -2.36. The van der Waals surface area contributed by atoms with Crippen molar-refractivity contribution < 1.29 is 23.1 Å². The van der Waals surface area contributed by atoms with E-state index in [-0.39, 0.29) is 47.0 Å². The maximum absolute atomic E-state index is 13.4. The molecule has 3 saturated carbocycles. The van der Waals surface area contributed by atoms with E-state index in [4.69, 9.17) is 16.3 Å². The number of amides is 2. The number of halogens is 3. The van der Waals surface area contributed by atoms with Gasteiger partial charge in [-0.2, -0.15) is 0 Å². The van der Waals surface area contributed by atoms with Gasteiger partial charge in [-0.1, -0.05) is 23.7 Å². The van der Waals surface area contributed by atoms with Gasteiger partial charge in [0, 0.05) is 18.7 Å². The third-order valence-electron chi connectivity index (χ3n) is 6.19. The van der Waals surface area contributed by atoms with Crippen molar-refractivity contribution in [2.24, 2.45) is 11.3 Å². The van der Waals surface area contributed by atoms with Gasteiger partial charge in [0.05, 0.1) is 10.4 Å². The maximum Gasteiger partial charge on any atom is 0.258 e. The van der Waals surface area contributed by atoms with Crippen LogP contribution in [0, 0.1) is 23.0 Å². The highest BCUT2D eigenvalue weighted by atomic mass is 35.5. The van der Waals surface area contributed by atoms with E-state index in [2.05, 4.69) is 10.6 Å². The minimum absolute atomic E-state index is 0.00972. The highest BCUT2D eigenvalue weighted by molar-refractivity contribution is 6.30. The van der Waals surface area contributed by atoms with Crippen LogP contribution in [0.1, 0.15) is 24.8 Å². The first kappa shape index (κ1) is 21.6. The van der Waals surface area contributed by atoms with Crippen molar-refractivity contribution in [3.05, 3.63) is 64.7 Å². The van der Waals surface area contributed by atoms with Crippen molar-refractivity contribution in [3.63, 3.8) is 0 Å². The number of carbonyl (C=O) groups is 2. The monoisotopic (exact) mass is 448 g/mol. The number of ether oxygens (including phenoxy) is 1. The van der Waals surface area contributed by atoms with E-state index in [1.54, 1.807) is 12.1 Å². The first-order valence-electron chi connectivity index (χ1n) is 10.2. The van der Waals surface area contributed by atoms with Crippen LogP contribution in [-0.2, 0) is 16.0 Å². The zero-order valence-electron chi connectivity index (χ0n) is 16.8. The molecule has 0 radical (unpaired) electrons. The van der Waals surface area contributed by atoms with Gasteiger partial charge in [-0.15, -0.1) is 0 Å². The van der Waals surface area contributed by atoms with Gasteiger partial charge in [-0.25, -0.2) is 8.78 Å². The van der Waals surface area contributed by atoms with Crippen LogP contribution < -0.4 is 15.4 Å². The molecular formula is C23H23ClF2N2O3. The summed E-state index contributed by atoms with van der Waals surface area (Å²) in [5.41, 5.74) is 0.536. The summed E-state index contributed by atoms with van der Waals surface area (Å²) in [6.45, 7) is 0.251. The highest BCUT2D eigenvalue weighted by Crippen LogP contribution is 2.58. The molecule has 8 heteroatoms. The van der Waals surface area contributed by atoms with Gasteiger partial charge in [0.15, 0.2) is 6.61 Å². The normalized spacial score (nSPS) is 23.7. The predicted molar refractivity (Wildman–Crippen MR) is 112 cm³/mol. The van der Waals surface area contributed by atoms with E-state index < -0.39 is 11.2 Å². The summed E-state index contributed by atoms with van der Waals surface area (Å²) < 4.78 is 31.7. The second-order valence-corrected chi connectivity index (χ2v) is 8.73. The van der Waals surface area contributed by atoms with Crippen LogP contribution in [0.2, 0.25) is 5.02 Å². The molecule has 0 aliphatic heterocycles. The quantitative estimate of drug-likeness (QED) is 0.648. The van der Waals surface area contributed by atoms with Crippen molar-refractivity contribution in [2.75, 3.05) is 13.2 Å². The Balaban J connectivity index is 1.21. The van der Waals surface area contributed by atoms with E-state index in [0.29, 0.717) is 19.4 Å². The van der Waals surface area contributed by atoms with E-state index in [1.165, 1.54) is 24.3 Å². The van der Waals surface area contributed by atoms with Gasteiger partial charge < -0.3 is 15.4 Å². The smallest absolute Gasteiger partial charge is 0.258 e. The van der Waals surface area contributed by atoms with Crippen LogP contribution in [0.15, 0.2) is 42.5 Å². The summed E-state index contributed by atoms with van der Waals surface area (Å²) in [4.78, 5) is 24.9. The lowest BCUT2D eigenvalue weighted by Crippen LogP contribution is -2.45. The number of fused-ring (bicyclic) bond motifs is 1. The van der Waals surface area contributed by atoms with E-state index in [0.717, 1.165) is 24.5 Å². The Morgan fingerprint density at radius 2 is 1.84 bits per heavy atom. The molecule has 0 saturated heterocycles. The highest BCUT2D eigenvalue weighted by Gasteiger charge is 2.60. The Morgan fingerprint density at radius 3 is 2.55 bits per heavy atom. The minimum atomic E-state index is -0.608. The van der Waals surface area contributed by atoms with Gasteiger partial charge >= 0.3 is 0 Å². The van der Waals surface area contributed by atoms with Crippen LogP contribution >= 0.6 is 11.6 Å². The summed E-state index contributed by atoms with van der Waals surface area (Å²) in [6.07, 6.45) is 2.74. The summed E-state index contributed by atoms with van der Waals surface area (Å²) in [7, 11) is 0. The van der Waals surface area contributed by atoms with Crippen LogP contribution in [0.25, 0.3) is 0 Å². The summed E-state index contributed by atoms with van der Waals surface area (Å²) in [5.74, 6) is -0.680. The van der Waals surface area contributed by atoms with Gasteiger partial charge in [-0.3, -0.25) is 9.59 Å². The summed E-state index contributed by atoms with van der Waals surface area (Å²) in [6, 6.07) is 10.2. The SMILES string of the molecule is O=C(COc1ccc(Cl)c(F)c1)NC1CC2(C(=O)NCCc3ccc(F)cc3)CC1C2. The second-order valence-electron chi connectivity index (χ2n) is 8.32. The number of benzene rings is 2. The summed E-state index contributed by atoms with van der Waals surface area (Å²) >= 11 is 5.63. The molecule has 0 heterocycles. The molecule has 2 aromatic rings. The molecule has 0 spiro atoms. The predicted octanol–water partition coefficient (Wildman–Crippen LogP) is 3.64. The molecule has 2 N–H and O–H groups in total. The van der Waals surface area contributed by atoms with E-state index in [1.807, 2.05) is 0 Å². The molecule has 1 unspecified atom stereocenters. The maximum atomic E-state index is 13.4. The van der Waals surface area contributed by atoms with Crippen molar-refractivity contribution in [1.82, 2.24) is 10.6 Å². The second kappa shape index (κ2) is 8.83. The Morgan fingerprint density at radius 1 is 1.10 bits per heavy atom. The molecule has 31 heavy (non-hydrogen) atoms. The average molecular weight is 449 g/mol. The molecule has 164 valence electrons. The molecule has 1 atom stereocenters. The zero-order chi connectivity index (χ0) is 22.0. The molecular weight excluding hydrogens is 426 g/mol. The van der Waals surface area contributed by atoms with Crippen LogP contribution in [0.4, 0.5) is 8.78 Å². The lowest BCUT2D eigenvalue weighted by atomic mass is 9.69. The molecule has 3 fully saturated rings. The lowest BCUT2D eigenvalue weighted by molar-refractivity contribution is -0.134. The fraction of sp³-hybridized carbons (Fsp3) is 0.391. The number of hydrogen-bond acceptors (Lipinski definition) is 3. The third-order valence-corrected chi connectivity index (χ3v) is 6.49. The first-order chi connectivity index (χ1) is 14.8. The van der Waals surface area contributed by atoms with Gasteiger partial charge in [-0.05, 0) is 61.4 Å². The van der Waals surface area contributed by atoms with E-state index >= 15 is 0 Å². The number of hydrogen-bond donors (Lipinski definition) is 2. The fourth-order valence-electron chi connectivity index (χ4n) is 4.55. The topological polar surface area (TPSA) is 67.4 Å². The van der Waals surface area contributed by atoms with Gasteiger partial charge in [0.1, 0.15) is 17.4 Å². The Bertz CT molecular complexity index is 977. The van der Waals surface area contributed by atoms with Crippen molar-refractivity contribution in [1.29, 1.82) is 0 Å². The largest absolute Gasteiger partial charge is 0.484 e. The molecule has 3 aliphatic rings. The minimum Gasteiger partial charge on any atom is -0.484 e. The van der Waals surface area contributed by atoms with Crippen LogP contribution in [0.5, 0.6) is 5.75 Å². The molecule has 5 rings (SSSR count). The Hall–Kier alpha value is -2.67. The van der Waals surface area contributed by atoms with Crippen molar-refractivity contribution in [3.8, 4) is 5.75 Å². The Labute approximate surface area is 184 Å². The molecule has 3 aliphatic carbocycles. The third kappa shape index (κ3) is 4.82. The van der Waals surface area contributed by atoms with Gasteiger partial charge in [0.2, 0.25) is 5.91 Å². The molecule has 2 bridgehead atoms. The number of carbonyl (C=O) groups excluding carboxylic acids is 2. The van der Waals surface area contributed by atoms with E-state index in [9.17, 15) is 18.4 Å². The fourth-order valence-corrected chi connectivity index (χ4v) is 4.67. The number of rotatable bonds is 8. The molecule has 2 aromatic carbocycles. The standard InChI is InChI=1S/C23H23ClF2N2O3/c24-18-6-5-17(9-19(18)26)31-13-21(29)28-20-12-23(10-15(20)11-23)22(30)27-8-7-14-1-3-16(25)4-2-14/h1-6,9,15,20H,7-8,10-13H2,(H,27,30)(H,28,29). The van der Waals surface area contributed by atoms with Crippen molar-refractivity contribution >= 4 is 23.4 Å². The molecule has 0 aromatic heterocycles. The molecule has 5 nitrogen and oxygen atoms in total. The Kier molecular flexibility index (Phi) is 6.14. The first-order valence-corrected chi connectivity index (χ1v) is 10.6. The van der Waals surface area contributed by atoms with Crippen LogP contribution in [-0.4, -0.2) is 31.0 Å². The van der Waals surface area contributed by atoms with Crippen molar-refractivity contribution in [2.45, 2.75) is 31.7 Å². The van der Waals surface area contributed by atoms with Crippen LogP contribution in [0.3, 0.4) is 0 Å². The average Bonchev–Trinajstić information content (AvgIpc) is 3.25. The number of nitrogens with one attached hydrogen (secondary N) is 2. The molecule has 2 amide bonds. The van der Waals surface area contributed by atoms with Gasteiger partial charge in [0.25, 0.3) is 5.91 Å². The zero-order valence-corrected chi connectivity index (χ0v) is 17.6.